The molecular formula is C20H23N3O2. The highest BCUT2D eigenvalue weighted by Crippen LogP contribution is 2.19. The highest BCUT2D eigenvalue weighted by molar-refractivity contribution is 6.07. The Bertz CT molecular complexity index is 791. The normalized spacial score (nSPS) is 9.84. The van der Waals surface area contributed by atoms with Crippen molar-refractivity contribution in [3.05, 3.63) is 47.7 Å². The van der Waals surface area contributed by atoms with Crippen LogP contribution in [-0.2, 0) is 0 Å². The monoisotopic (exact) mass is 337 g/mol. The van der Waals surface area contributed by atoms with Gasteiger partial charge < -0.3 is 15.8 Å². The number of hydrogen-bond donors (Lipinski definition) is 2. The number of aromatic nitrogens is 1. The second kappa shape index (κ2) is 9.33. The summed E-state index contributed by atoms with van der Waals surface area (Å²) in [5.74, 6) is 6.76. The minimum absolute atomic E-state index is 0.218. The second-order valence-electron chi connectivity index (χ2n) is 5.57. The molecule has 1 amide bonds. The van der Waals surface area contributed by atoms with Gasteiger partial charge in [-0.15, -0.1) is 5.92 Å². The predicted molar refractivity (Wildman–Crippen MR) is 101 cm³/mol. The number of ether oxygens (including phenoxy) is 1. The van der Waals surface area contributed by atoms with Gasteiger partial charge in [-0.2, -0.15) is 0 Å². The molecule has 0 fully saturated rings. The lowest BCUT2D eigenvalue weighted by molar-refractivity contribution is 0.102. The number of nitrogens with one attached hydrogen (secondary N) is 1. The molecule has 0 aliphatic rings. The molecule has 0 unspecified atom stereocenters. The number of nitrogens with zero attached hydrogens (tertiary/aromatic N) is 1. The van der Waals surface area contributed by atoms with Crippen LogP contribution in [0.3, 0.4) is 0 Å². The summed E-state index contributed by atoms with van der Waals surface area (Å²) in [4.78, 5) is 16.4. The molecule has 0 radical (unpaired) electrons. The molecule has 5 nitrogen and oxygen atoms in total. The van der Waals surface area contributed by atoms with Gasteiger partial charge in [-0.1, -0.05) is 18.9 Å². The maximum absolute atomic E-state index is 12.3. The van der Waals surface area contributed by atoms with Crippen molar-refractivity contribution in [1.82, 2.24) is 4.98 Å². The number of benzene rings is 1. The summed E-state index contributed by atoms with van der Waals surface area (Å²) in [6, 6.07) is 10.7. The number of aryl methyl sites for hydroxylation is 1. The first kappa shape index (κ1) is 18.3. The first-order valence-corrected chi connectivity index (χ1v) is 8.33. The molecule has 5 heteroatoms. The molecule has 2 aromatic rings. The van der Waals surface area contributed by atoms with Crippen molar-refractivity contribution in [2.75, 3.05) is 17.7 Å². The second-order valence-corrected chi connectivity index (χ2v) is 5.57. The Hall–Kier alpha value is -3.00. The predicted octanol–water partition coefficient (Wildman–Crippen LogP) is 3.80. The fourth-order valence-corrected chi connectivity index (χ4v) is 2.15. The smallest absolute Gasteiger partial charge is 0.259 e. The SMILES string of the molecule is CCCC#CCCOc1cccc(NC(=O)c2ccc(C)nc2N)c1. The van der Waals surface area contributed by atoms with Crippen molar-refractivity contribution < 1.29 is 9.53 Å². The molecule has 0 bridgehead atoms. The summed E-state index contributed by atoms with van der Waals surface area (Å²) in [7, 11) is 0. The maximum atomic E-state index is 12.3. The van der Waals surface area contributed by atoms with E-state index in [0.717, 1.165) is 18.5 Å². The Balaban J connectivity index is 1.94. The van der Waals surface area contributed by atoms with Crippen molar-refractivity contribution in [1.29, 1.82) is 0 Å². The van der Waals surface area contributed by atoms with Crippen LogP contribution >= 0.6 is 0 Å². The summed E-state index contributed by atoms with van der Waals surface area (Å²) in [6.07, 6.45) is 2.66. The molecule has 0 aliphatic carbocycles. The van der Waals surface area contributed by atoms with Gasteiger partial charge in [-0.3, -0.25) is 4.79 Å². The fourth-order valence-electron chi connectivity index (χ4n) is 2.15. The maximum Gasteiger partial charge on any atom is 0.259 e. The van der Waals surface area contributed by atoms with E-state index in [1.807, 2.05) is 19.1 Å². The summed E-state index contributed by atoms with van der Waals surface area (Å²) in [6.45, 7) is 4.44. The van der Waals surface area contributed by atoms with E-state index in [1.54, 1.807) is 24.3 Å². The van der Waals surface area contributed by atoms with Crippen molar-refractivity contribution in [2.24, 2.45) is 0 Å². The summed E-state index contributed by atoms with van der Waals surface area (Å²) >= 11 is 0. The van der Waals surface area contributed by atoms with Crippen LogP contribution in [0.15, 0.2) is 36.4 Å². The zero-order valence-corrected chi connectivity index (χ0v) is 14.6. The zero-order chi connectivity index (χ0) is 18.1. The summed E-state index contributed by atoms with van der Waals surface area (Å²) in [5.41, 5.74) is 7.57. The number of amides is 1. The third-order valence-electron chi connectivity index (χ3n) is 3.40. The molecule has 0 saturated heterocycles. The highest BCUT2D eigenvalue weighted by atomic mass is 16.5. The Morgan fingerprint density at radius 2 is 2.04 bits per heavy atom. The minimum Gasteiger partial charge on any atom is -0.493 e. The van der Waals surface area contributed by atoms with Crippen LogP contribution in [0.5, 0.6) is 5.75 Å². The van der Waals surface area contributed by atoms with Gasteiger partial charge >= 0.3 is 0 Å². The number of hydrogen-bond acceptors (Lipinski definition) is 4. The van der Waals surface area contributed by atoms with Gasteiger partial charge in [-0.05, 0) is 37.6 Å². The van der Waals surface area contributed by atoms with E-state index in [0.29, 0.717) is 30.0 Å². The lowest BCUT2D eigenvalue weighted by Gasteiger charge is -2.09. The van der Waals surface area contributed by atoms with Crippen LogP contribution in [0.1, 0.15) is 42.2 Å². The molecular weight excluding hydrogens is 314 g/mol. The number of carbonyl (C=O) groups is 1. The van der Waals surface area contributed by atoms with Crippen LogP contribution in [0.25, 0.3) is 0 Å². The van der Waals surface area contributed by atoms with Gasteiger partial charge in [0.2, 0.25) is 0 Å². The number of nitrogens with two attached hydrogens (primary N) is 1. The largest absolute Gasteiger partial charge is 0.493 e. The molecule has 0 spiro atoms. The van der Waals surface area contributed by atoms with Gasteiger partial charge in [0, 0.05) is 30.3 Å². The van der Waals surface area contributed by atoms with Crippen LogP contribution in [0.4, 0.5) is 11.5 Å². The molecule has 25 heavy (non-hydrogen) atoms. The Morgan fingerprint density at radius 1 is 1.24 bits per heavy atom. The van der Waals surface area contributed by atoms with Gasteiger partial charge in [0.1, 0.15) is 11.6 Å². The minimum atomic E-state index is -0.299. The van der Waals surface area contributed by atoms with Crippen LogP contribution in [0, 0.1) is 18.8 Å². The van der Waals surface area contributed by atoms with E-state index < -0.39 is 0 Å². The van der Waals surface area contributed by atoms with Crippen molar-refractivity contribution >= 4 is 17.4 Å². The van der Waals surface area contributed by atoms with Crippen LogP contribution in [0.2, 0.25) is 0 Å². The van der Waals surface area contributed by atoms with E-state index in [9.17, 15) is 4.79 Å². The first-order chi connectivity index (χ1) is 12.1. The number of nitrogen functional groups attached to an aromatic ring is 1. The standard InChI is InChI=1S/C20H23N3O2/c1-3-4-5-6-7-13-25-17-10-8-9-16(14-17)23-20(24)18-12-11-15(2)22-19(18)21/h8-12,14H,3-4,7,13H2,1-2H3,(H2,21,22)(H,23,24). The lowest BCUT2D eigenvalue weighted by atomic mass is 10.2. The molecule has 2 rings (SSSR count). The van der Waals surface area contributed by atoms with Gasteiger partial charge in [0.25, 0.3) is 5.91 Å². The summed E-state index contributed by atoms with van der Waals surface area (Å²) < 4.78 is 5.66. The Kier molecular flexibility index (Phi) is 6.85. The molecule has 0 atom stereocenters. The van der Waals surface area contributed by atoms with Gasteiger partial charge in [0.05, 0.1) is 12.2 Å². The zero-order valence-electron chi connectivity index (χ0n) is 14.6. The quantitative estimate of drug-likeness (QED) is 0.621. The number of carbonyl (C=O) groups excluding carboxylic acids is 1. The Morgan fingerprint density at radius 3 is 2.80 bits per heavy atom. The average Bonchev–Trinajstić information content (AvgIpc) is 2.58. The fraction of sp³-hybridized carbons (Fsp3) is 0.300. The third-order valence-corrected chi connectivity index (χ3v) is 3.40. The number of pyridine rings is 1. The van der Waals surface area contributed by atoms with E-state index in [1.165, 1.54) is 0 Å². The molecule has 1 aromatic carbocycles. The first-order valence-electron chi connectivity index (χ1n) is 8.33. The average molecular weight is 337 g/mol. The number of unbranched alkanes of at least 4 members (excludes halogenated alkanes) is 1. The summed E-state index contributed by atoms with van der Waals surface area (Å²) in [5, 5.41) is 2.81. The van der Waals surface area contributed by atoms with E-state index in [4.69, 9.17) is 10.5 Å². The molecule has 0 saturated carbocycles. The van der Waals surface area contributed by atoms with Crippen LogP contribution < -0.4 is 15.8 Å². The topological polar surface area (TPSA) is 77.2 Å². The number of rotatable bonds is 6. The number of anilines is 2. The van der Waals surface area contributed by atoms with E-state index >= 15 is 0 Å². The molecule has 3 N–H and O–H groups in total. The highest BCUT2D eigenvalue weighted by Gasteiger charge is 2.11. The van der Waals surface area contributed by atoms with E-state index in [2.05, 4.69) is 29.1 Å². The third kappa shape index (κ3) is 5.85. The van der Waals surface area contributed by atoms with Crippen LogP contribution in [-0.4, -0.2) is 17.5 Å². The van der Waals surface area contributed by atoms with Gasteiger partial charge in [0.15, 0.2) is 0 Å². The molecule has 1 heterocycles. The lowest BCUT2D eigenvalue weighted by Crippen LogP contribution is -2.15. The van der Waals surface area contributed by atoms with Crippen molar-refractivity contribution in [3.8, 4) is 17.6 Å². The van der Waals surface area contributed by atoms with Crippen molar-refractivity contribution in [2.45, 2.75) is 33.1 Å². The van der Waals surface area contributed by atoms with Gasteiger partial charge in [-0.25, -0.2) is 4.98 Å². The van der Waals surface area contributed by atoms with Crippen molar-refractivity contribution in [3.63, 3.8) is 0 Å². The molecule has 0 aliphatic heterocycles. The Labute approximate surface area is 148 Å². The molecule has 1 aromatic heterocycles. The van der Waals surface area contributed by atoms with E-state index in [-0.39, 0.29) is 11.7 Å². The molecule has 130 valence electrons.